The summed E-state index contributed by atoms with van der Waals surface area (Å²) in [4.78, 5) is 15.4. The maximum absolute atomic E-state index is 14.0. The summed E-state index contributed by atoms with van der Waals surface area (Å²) >= 11 is 0. The van der Waals surface area contributed by atoms with Gasteiger partial charge in [0.25, 0.3) is 0 Å². The van der Waals surface area contributed by atoms with E-state index in [2.05, 4.69) is 4.90 Å². The highest BCUT2D eigenvalue weighted by Crippen LogP contribution is 2.27. The molecule has 1 amide bonds. The Bertz CT molecular complexity index is 735. The molecule has 3 rings (SSSR count). The van der Waals surface area contributed by atoms with E-state index in [0.29, 0.717) is 18.9 Å². The highest BCUT2D eigenvalue weighted by molar-refractivity contribution is 5.65. The Labute approximate surface area is 188 Å². The Morgan fingerprint density at radius 3 is 2.31 bits per heavy atom. The molecule has 1 aliphatic carbocycles. The van der Waals surface area contributed by atoms with Gasteiger partial charge in [-0.1, -0.05) is 12.8 Å². The molecule has 8 heteroatoms. The molecule has 0 radical (unpaired) electrons. The summed E-state index contributed by atoms with van der Waals surface area (Å²) in [6, 6.07) is 0.910. The number of carboxylic acid groups (broad SMARTS) is 1. The van der Waals surface area contributed by atoms with E-state index in [1.165, 1.54) is 45.3 Å². The zero-order valence-corrected chi connectivity index (χ0v) is 18.7. The van der Waals surface area contributed by atoms with E-state index in [1.54, 1.807) is 0 Å². The third-order valence-corrected chi connectivity index (χ3v) is 6.68. The minimum Gasteiger partial charge on any atom is -0.465 e. The van der Waals surface area contributed by atoms with Gasteiger partial charge in [-0.25, -0.2) is 18.0 Å². The first kappa shape index (κ1) is 24.8. The van der Waals surface area contributed by atoms with Gasteiger partial charge in [0, 0.05) is 24.3 Å². The molecule has 5 nitrogen and oxygen atoms in total. The third-order valence-electron chi connectivity index (χ3n) is 6.68. The number of unbranched alkanes of at least 4 members (excludes halogenated alkanes) is 3. The lowest BCUT2D eigenvalue weighted by Crippen LogP contribution is -2.42. The van der Waals surface area contributed by atoms with Gasteiger partial charge in [-0.15, -0.1) is 0 Å². The molecule has 0 atom stereocenters. The molecule has 0 aromatic heterocycles. The Hall–Kier alpha value is -1.80. The van der Waals surface area contributed by atoms with Gasteiger partial charge in [-0.3, -0.25) is 0 Å². The third kappa shape index (κ3) is 7.37. The largest absolute Gasteiger partial charge is 0.465 e. The molecule has 1 saturated heterocycles. The smallest absolute Gasteiger partial charge is 0.407 e. The summed E-state index contributed by atoms with van der Waals surface area (Å²) in [5.41, 5.74) is -0.158. The van der Waals surface area contributed by atoms with Gasteiger partial charge < -0.3 is 19.6 Å². The van der Waals surface area contributed by atoms with E-state index >= 15 is 0 Å². The van der Waals surface area contributed by atoms with E-state index in [9.17, 15) is 23.1 Å². The van der Waals surface area contributed by atoms with Crippen molar-refractivity contribution >= 4 is 6.09 Å². The van der Waals surface area contributed by atoms with Crippen LogP contribution in [0, 0.1) is 17.5 Å². The average Bonchev–Trinajstić information content (AvgIpc) is 3.28. The van der Waals surface area contributed by atoms with Crippen LogP contribution in [-0.2, 0) is 11.3 Å². The predicted molar refractivity (Wildman–Crippen MR) is 116 cm³/mol. The van der Waals surface area contributed by atoms with Crippen molar-refractivity contribution in [3.63, 3.8) is 0 Å². The number of hydrogen-bond donors (Lipinski definition) is 1. The minimum absolute atomic E-state index is 0.117. The lowest BCUT2D eigenvalue weighted by atomic mass is 9.91. The Morgan fingerprint density at radius 1 is 0.969 bits per heavy atom. The zero-order chi connectivity index (χ0) is 22.9. The van der Waals surface area contributed by atoms with Crippen molar-refractivity contribution in [3.8, 4) is 0 Å². The molecular formula is C24H35F3N2O3. The van der Waals surface area contributed by atoms with Crippen LogP contribution in [0.25, 0.3) is 0 Å². The van der Waals surface area contributed by atoms with Gasteiger partial charge in [0.2, 0.25) is 0 Å². The number of likely N-dealkylation sites (tertiary alicyclic amines) is 1. The van der Waals surface area contributed by atoms with Crippen LogP contribution in [0.15, 0.2) is 12.1 Å². The molecule has 1 aromatic carbocycles. The van der Waals surface area contributed by atoms with Gasteiger partial charge in [-0.05, 0) is 77.1 Å². The second-order valence-corrected chi connectivity index (χ2v) is 9.03. The number of ether oxygens (including phenoxy) is 1. The first-order valence-corrected chi connectivity index (χ1v) is 11.9. The number of carbonyl (C=O) groups is 1. The number of benzene rings is 1. The highest BCUT2D eigenvalue weighted by atomic mass is 19.2. The molecule has 2 fully saturated rings. The van der Waals surface area contributed by atoms with Crippen LogP contribution in [-0.4, -0.2) is 59.4 Å². The van der Waals surface area contributed by atoms with Crippen molar-refractivity contribution in [2.75, 3.05) is 26.2 Å². The fourth-order valence-electron chi connectivity index (χ4n) is 4.79. The van der Waals surface area contributed by atoms with E-state index in [0.717, 1.165) is 43.3 Å². The van der Waals surface area contributed by atoms with Crippen LogP contribution in [0.3, 0.4) is 0 Å². The average molecular weight is 457 g/mol. The Morgan fingerprint density at radius 2 is 1.62 bits per heavy atom. The standard InChI is InChI=1S/C24H35F3N2O3/c25-21-16-23(27)22(26)15-18(21)17-29(24(30)31)19-7-9-20(10-8-19)32-14-6-2-1-3-11-28-12-4-5-13-28/h15-16,19-20H,1-14,17H2,(H,30,31). The quantitative estimate of drug-likeness (QED) is 0.350. The molecule has 1 aliphatic heterocycles. The molecule has 32 heavy (non-hydrogen) atoms. The van der Waals surface area contributed by atoms with Crippen LogP contribution < -0.4 is 0 Å². The maximum Gasteiger partial charge on any atom is 0.407 e. The lowest BCUT2D eigenvalue weighted by Gasteiger charge is -2.35. The van der Waals surface area contributed by atoms with Crippen LogP contribution in [0.4, 0.5) is 18.0 Å². The maximum atomic E-state index is 14.0. The summed E-state index contributed by atoms with van der Waals surface area (Å²) in [6.45, 7) is 4.13. The second-order valence-electron chi connectivity index (χ2n) is 9.03. The molecule has 1 N–H and O–H groups in total. The van der Waals surface area contributed by atoms with Gasteiger partial charge in [0.15, 0.2) is 11.6 Å². The lowest BCUT2D eigenvalue weighted by molar-refractivity contribution is 0.00586. The summed E-state index contributed by atoms with van der Waals surface area (Å²) < 4.78 is 46.6. The van der Waals surface area contributed by atoms with Crippen molar-refractivity contribution in [1.82, 2.24) is 9.80 Å². The molecule has 0 bridgehead atoms. The number of hydrogen-bond acceptors (Lipinski definition) is 3. The zero-order valence-electron chi connectivity index (χ0n) is 18.7. The van der Waals surface area contributed by atoms with Crippen molar-refractivity contribution in [2.24, 2.45) is 0 Å². The van der Waals surface area contributed by atoms with E-state index in [-0.39, 0.29) is 24.3 Å². The van der Waals surface area contributed by atoms with Gasteiger partial charge in [0.05, 0.1) is 12.6 Å². The van der Waals surface area contributed by atoms with E-state index in [1.807, 2.05) is 0 Å². The first-order chi connectivity index (χ1) is 15.4. The molecular weight excluding hydrogens is 421 g/mol. The SMILES string of the molecule is O=C(O)N(Cc1cc(F)c(F)cc1F)C1CCC(OCCCCCCN2CCCC2)CC1. The molecule has 1 aromatic rings. The van der Waals surface area contributed by atoms with Crippen molar-refractivity contribution in [2.45, 2.75) is 82.9 Å². The predicted octanol–water partition coefficient (Wildman–Crippen LogP) is 5.57. The van der Waals surface area contributed by atoms with Crippen molar-refractivity contribution in [1.29, 1.82) is 0 Å². The summed E-state index contributed by atoms with van der Waals surface area (Å²) in [6.07, 6.45) is 8.97. The van der Waals surface area contributed by atoms with Crippen LogP contribution >= 0.6 is 0 Å². The molecule has 180 valence electrons. The minimum atomic E-state index is -1.28. The molecule has 2 aliphatic rings. The normalized spacial score (nSPS) is 21.7. The summed E-state index contributed by atoms with van der Waals surface area (Å²) in [7, 11) is 0. The van der Waals surface area contributed by atoms with Gasteiger partial charge in [0.1, 0.15) is 5.82 Å². The van der Waals surface area contributed by atoms with Crippen LogP contribution in [0.5, 0.6) is 0 Å². The van der Waals surface area contributed by atoms with E-state index < -0.39 is 23.5 Å². The monoisotopic (exact) mass is 456 g/mol. The fourth-order valence-corrected chi connectivity index (χ4v) is 4.79. The van der Waals surface area contributed by atoms with Crippen molar-refractivity contribution in [3.05, 3.63) is 35.1 Å². The van der Waals surface area contributed by atoms with Gasteiger partial charge >= 0.3 is 6.09 Å². The highest BCUT2D eigenvalue weighted by Gasteiger charge is 2.30. The number of amides is 1. The Kier molecular flexibility index (Phi) is 9.66. The number of rotatable bonds is 11. The summed E-state index contributed by atoms with van der Waals surface area (Å²) in [5.74, 6) is -3.40. The second kappa shape index (κ2) is 12.4. The Balaban J connectivity index is 1.34. The van der Waals surface area contributed by atoms with Crippen molar-refractivity contribution < 1.29 is 27.8 Å². The van der Waals surface area contributed by atoms with Crippen LogP contribution in [0.1, 0.15) is 69.8 Å². The molecule has 1 saturated carbocycles. The molecule has 0 spiro atoms. The van der Waals surface area contributed by atoms with Gasteiger partial charge in [-0.2, -0.15) is 0 Å². The molecule has 0 unspecified atom stereocenters. The molecule has 1 heterocycles. The number of halogens is 3. The van der Waals surface area contributed by atoms with Crippen LogP contribution in [0.2, 0.25) is 0 Å². The van der Waals surface area contributed by atoms with E-state index in [4.69, 9.17) is 4.74 Å². The first-order valence-electron chi connectivity index (χ1n) is 11.9. The summed E-state index contributed by atoms with van der Waals surface area (Å²) in [5, 5.41) is 9.58. The number of nitrogens with zero attached hydrogens (tertiary/aromatic N) is 2. The topological polar surface area (TPSA) is 53.0 Å². The fraction of sp³-hybridized carbons (Fsp3) is 0.708.